The maximum atomic E-state index is 13.0. The Morgan fingerprint density at radius 2 is 1.39 bits per heavy atom. The van der Waals surface area contributed by atoms with E-state index in [2.05, 4.69) is 10.3 Å². The van der Waals surface area contributed by atoms with Gasteiger partial charge in [-0.1, -0.05) is 78.9 Å². The summed E-state index contributed by atoms with van der Waals surface area (Å²) >= 11 is 0. The molecule has 2 N–H and O–H groups in total. The molecule has 150 valence electrons. The number of rotatable bonds is 4. The van der Waals surface area contributed by atoms with Crippen LogP contribution in [0, 0.1) is 0 Å². The Labute approximate surface area is 177 Å². The molecule has 0 spiro atoms. The van der Waals surface area contributed by atoms with Gasteiger partial charge >= 0.3 is 0 Å². The molecule has 0 saturated heterocycles. The molecule has 5 rings (SSSR count). The van der Waals surface area contributed by atoms with Crippen LogP contribution in [-0.2, 0) is 0 Å². The largest absolute Gasteiger partial charge is 0.316 e. The van der Waals surface area contributed by atoms with E-state index in [1.165, 1.54) is 0 Å². The van der Waals surface area contributed by atoms with Crippen LogP contribution in [0.5, 0.6) is 0 Å². The molecule has 0 bridgehead atoms. The lowest BCUT2D eigenvalue weighted by Crippen LogP contribution is -2.23. The Morgan fingerprint density at radius 1 is 0.806 bits per heavy atom. The molecule has 0 atom stereocenters. The second-order valence-electron chi connectivity index (χ2n) is 7.06. The van der Waals surface area contributed by atoms with Crippen LogP contribution < -0.4 is 10.9 Å². The van der Waals surface area contributed by atoms with Crippen LogP contribution >= 0.6 is 0 Å². The van der Waals surface area contributed by atoms with Gasteiger partial charge in [0, 0.05) is 22.8 Å². The van der Waals surface area contributed by atoms with Gasteiger partial charge in [-0.15, -0.1) is 0 Å². The number of aromatic nitrogens is 3. The van der Waals surface area contributed by atoms with Crippen LogP contribution in [0.3, 0.4) is 0 Å². The summed E-state index contributed by atoms with van der Waals surface area (Å²) in [7, 11) is 0. The van der Waals surface area contributed by atoms with Crippen LogP contribution in [0.2, 0.25) is 0 Å². The molecule has 3 aromatic carbocycles. The van der Waals surface area contributed by atoms with Crippen molar-refractivity contribution in [2.75, 3.05) is 5.32 Å². The van der Waals surface area contributed by atoms with Gasteiger partial charge in [0.25, 0.3) is 11.5 Å². The monoisotopic (exact) mass is 406 g/mol. The number of H-pyrrole nitrogens is 1. The molecule has 2 aromatic heterocycles. The predicted molar refractivity (Wildman–Crippen MR) is 121 cm³/mol. The van der Waals surface area contributed by atoms with Gasteiger partial charge in [0.2, 0.25) is 0 Å². The quantitative estimate of drug-likeness (QED) is 0.457. The Morgan fingerprint density at radius 3 is 2.03 bits per heavy atom. The molecule has 6 heteroatoms. The van der Waals surface area contributed by atoms with Crippen LogP contribution in [0.1, 0.15) is 10.4 Å². The van der Waals surface area contributed by atoms with Crippen LogP contribution in [0.15, 0.2) is 102 Å². The van der Waals surface area contributed by atoms with Gasteiger partial charge in [0.15, 0.2) is 0 Å². The number of carbonyl (C=O) groups excluding carboxylic acids is 1. The average Bonchev–Trinajstić information content (AvgIpc) is 3.24. The normalized spacial score (nSPS) is 10.8. The molecule has 0 aliphatic rings. The number of hydrogen-bond donors (Lipinski definition) is 2. The lowest BCUT2D eigenvalue weighted by Gasteiger charge is -2.12. The van der Waals surface area contributed by atoms with Crippen molar-refractivity contribution in [3.05, 3.63) is 113 Å². The van der Waals surface area contributed by atoms with E-state index >= 15 is 0 Å². The highest BCUT2D eigenvalue weighted by Crippen LogP contribution is 2.28. The minimum absolute atomic E-state index is 0.148. The van der Waals surface area contributed by atoms with Gasteiger partial charge in [0.05, 0.1) is 5.69 Å². The van der Waals surface area contributed by atoms with Crippen molar-refractivity contribution in [3.8, 4) is 22.5 Å². The van der Waals surface area contributed by atoms with Crippen molar-refractivity contribution in [3.63, 3.8) is 0 Å². The standard InChI is InChI=1S/C25H18N4O2/c30-24(19-14-8-3-9-15-19)27-22-23(18-12-6-2-7-13-18)29-21(26-25(22)31)16-20(28-29)17-10-4-1-5-11-17/h1-16H,(H,26,31)(H,27,30). The SMILES string of the molecule is O=C(Nc1c(-c2ccccc2)n2nc(-c3ccccc3)cc2[nH]c1=O)c1ccccc1. The molecule has 0 unspecified atom stereocenters. The zero-order valence-electron chi connectivity index (χ0n) is 16.4. The summed E-state index contributed by atoms with van der Waals surface area (Å²) in [6.07, 6.45) is 0. The number of carbonyl (C=O) groups is 1. The zero-order valence-corrected chi connectivity index (χ0v) is 16.4. The van der Waals surface area contributed by atoms with E-state index in [4.69, 9.17) is 5.10 Å². The van der Waals surface area contributed by atoms with Crippen molar-refractivity contribution >= 4 is 17.2 Å². The second kappa shape index (κ2) is 7.76. The summed E-state index contributed by atoms with van der Waals surface area (Å²) in [6, 6.07) is 29.8. The Balaban J connectivity index is 1.72. The molecule has 2 heterocycles. The highest BCUT2D eigenvalue weighted by molar-refractivity contribution is 6.06. The number of hydrogen-bond acceptors (Lipinski definition) is 3. The van der Waals surface area contributed by atoms with Gasteiger partial charge < -0.3 is 10.3 Å². The highest BCUT2D eigenvalue weighted by atomic mass is 16.2. The Hall–Kier alpha value is -4.45. The third-order valence-electron chi connectivity index (χ3n) is 5.02. The topological polar surface area (TPSA) is 79.3 Å². The lowest BCUT2D eigenvalue weighted by atomic mass is 10.1. The van der Waals surface area contributed by atoms with Gasteiger partial charge in [-0.05, 0) is 12.1 Å². The Kier molecular flexibility index (Phi) is 4.65. The van der Waals surface area contributed by atoms with Crippen molar-refractivity contribution in [1.29, 1.82) is 0 Å². The lowest BCUT2D eigenvalue weighted by molar-refractivity contribution is 0.102. The minimum atomic E-state index is -0.393. The fourth-order valence-corrected chi connectivity index (χ4v) is 3.54. The molecule has 1 amide bonds. The van der Waals surface area contributed by atoms with E-state index < -0.39 is 5.56 Å². The summed E-state index contributed by atoms with van der Waals surface area (Å²) in [5.41, 5.74) is 3.70. The molecule has 0 radical (unpaired) electrons. The van der Waals surface area contributed by atoms with Crippen molar-refractivity contribution in [2.24, 2.45) is 0 Å². The van der Waals surface area contributed by atoms with Gasteiger partial charge in [0.1, 0.15) is 17.0 Å². The zero-order chi connectivity index (χ0) is 21.2. The first kappa shape index (κ1) is 18.6. The van der Waals surface area contributed by atoms with E-state index in [1.807, 2.05) is 72.8 Å². The molecule has 6 nitrogen and oxygen atoms in total. The second-order valence-corrected chi connectivity index (χ2v) is 7.06. The van der Waals surface area contributed by atoms with Crippen LogP contribution in [0.4, 0.5) is 5.69 Å². The number of benzene rings is 3. The summed E-state index contributed by atoms with van der Waals surface area (Å²) in [6.45, 7) is 0. The first-order chi connectivity index (χ1) is 15.2. The number of anilines is 1. The highest BCUT2D eigenvalue weighted by Gasteiger charge is 2.19. The molecule has 0 saturated carbocycles. The van der Waals surface area contributed by atoms with E-state index in [9.17, 15) is 9.59 Å². The average molecular weight is 406 g/mol. The van der Waals surface area contributed by atoms with Crippen molar-refractivity contribution in [1.82, 2.24) is 14.6 Å². The van der Waals surface area contributed by atoms with E-state index in [0.717, 1.165) is 16.8 Å². The number of nitrogens with zero attached hydrogens (tertiary/aromatic N) is 2. The molecule has 5 aromatic rings. The summed E-state index contributed by atoms with van der Waals surface area (Å²) in [4.78, 5) is 28.7. The minimum Gasteiger partial charge on any atom is -0.316 e. The fourth-order valence-electron chi connectivity index (χ4n) is 3.54. The van der Waals surface area contributed by atoms with Crippen molar-refractivity contribution in [2.45, 2.75) is 0 Å². The van der Waals surface area contributed by atoms with Gasteiger partial charge in [-0.3, -0.25) is 9.59 Å². The molecule has 0 aliphatic carbocycles. The first-order valence-corrected chi connectivity index (χ1v) is 9.84. The van der Waals surface area contributed by atoms with Crippen LogP contribution in [0.25, 0.3) is 28.2 Å². The number of amides is 1. The maximum absolute atomic E-state index is 13.0. The fraction of sp³-hybridized carbons (Fsp3) is 0. The summed E-state index contributed by atoms with van der Waals surface area (Å²) < 4.78 is 1.67. The molecule has 0 fully saturated rings. The van der Waals surface area contributed by atoms with Gasteiger partial charge in [-0.2, -0.15) is 5.10 Å². The molecule has 31 heavy (non-hydrogen) atoms. The Bertz CT molecular complexity index is 1420. The smallest absolute Gasteiger partial charge is 0.275 e. The van der Waals surface area contributed by atoms with E-state index in [1.54, 1.807) is 28.8 Å². The first-order valence-electron chi connectivity index (χ1n) is 9.84. The summed E-state index contributed by atoms with van der Waals surface area (Å²) in [5, 5.41) is 7.53. The summed E-state index contributed by atoms with van der Waals surface area (Å²) in [5.74, 6) is -0.363. The molecule has 0 aliphatic heterocycles. The number of nitrogens with one attached hydrogen (secondary N) is 2. The molecular weight excluding hydrogens is 388 g/mol. The molecular formula is C25H18N4O2. The maximum Gasteiger partial charge on any atom is 0.275 e. The van der Waals surface area contributed by atoms with Crippen LogP contribution in [-0.4, -0.2) is 20.5 Å². The third-order valence-corrected chi connectivity index (χ3v) is 5.02. The third kappa shape index (κ3) is 3.51. The number of aromatic amines is 1. The van der Waals surface area contributed by atoms with E-state index in [-0.39, 0.29) is 11.6 Å². The van der Waals surface area contributed by atoms with Crippen molar-refractivity contribution < 1.29 is 4.79 Å². The van der Waals surface area contributed by atoms with E-state index in [0.29, 0.717) is 16.9 Å². The number of fused-ring (bicyclic) bond motifs is 1. The van der Waals surface area contributed by atoms with Gasteiger partial charge in [-0.25, -0.2) is 4.52 Å². The predicted octanol–water partition coefficient (Wildman–Crippen LogP) is 4.61.